The van der Waals surface area contributed by atoms with Gasteiger partial charge in [0.25, 0.3) is 0 Å². The van der Waals surface area contributed by atoms with Gasteiger partial charge in [-0.25, -0.2) is 0 Å². The molecule has 4 nitrogen and oxygen atoms in total. The largest absolute Gasteiger partial charge is 0.468 e. The minimum atomic E-state index is -0.349. The fourth-order valence-electron chi connectivity index (χ4n) is 1.09. The van der Waals surface area contributed by atoms with Gasteiger partial charge >= 0.3 is 5.97 Å². The maximum atomic E-state index is 11.1. The molecular formula is C10H12BrClN2O2. The lowest BCUT2D eigenvalue weighted by molar-refractivity contribution is -0.139. The number of alkyl halides is 1. The zero-order valence-electron chi connectivity index (χ0n) is 8.74. The maximum absolute atomic E-state index is 11.1. The van der Waals surface area contributed by atoms with Crippen LogP contribution in [0.15, 0.2) is 18.5 Å². The van der Waals surface area contributed by atoms with Gasteiger partial charge in [-0.15, -0.1) is 0 Å². The van der Waals surface area contributed by atoms with Crippen LogP contribution in [-0.2, 0) is 16.1 Å². The molecule has 0 spiro atoms. The molecule has 0 amide bonds. The Bertz CT molecular complexity index is 362. The van der Waals surface area contributed by atoms with Crippen LogP contribution in [-0.4, -0.2) is 29.4 Å². The number of carbonyl (C=O) groups excluding carboxylic acids is 1. The minimum Gasteiger partial charge on any atom is -0.468 e. The highest BCUT2D eigenvalue weighted by Crippen LogP contribution is 2.12. The number of hydrogen-bond donors (Lipinski definition) is 1. The molecule has 1 N–H and O–H groups in total. The summed E-state index contributed by atoms with van der Waals surface area (Å²) in [5.41, 5.74) is 0.946. The SMILES string of the molecule is COC(=O)C(Br)CNCc1ccncc1Cl. The lowest BCUT2D eigenvalue weighted by Crippen LogP contribution is -2.29. The third kappa shape index (κ3) is 4.08. The fraction of sp³-hybridized carbons (Fsp3) is 0.400. The average Bonchev–Trinajstić information content (AvgIpc) is 2.30. The number of nitrogens with zero attached hydrogens (tertiary/aromatic N) is 1. The van der Waals surface area contributed by atoms with E-state index in [9.17, 15) is 4.79 Å². The first-order chi connectivity index (χ1) is 7.65. The Morgan fingerprint density at radius 2 is 2.50 bits per heavy atom. The van der Waals surface area contributed by atoms with Gasteiger partial charge in [-0.2, -0.15) is 0 Å². The average molecular weight is 308 g/mol. The second kappa shape index (κ2) is 6.83. The van der Waals surface area contributed by atoms with Gasteiger partial charge in [-0.1, -0.05) is 27.5 Å². The topological polar surface area (TPSA) is 51.2 Å². The molecule has 0 aromatic carbocycles. The number of ether oxygens (including phenoxy) is 1. The molecule has 6 heteroatoms. The quantitative estimate of drug-likeness (QED) is 0.665. The molecule has 0 bridgehead atoms. The van der Waals surface area contributed by atoms with Crippen molar-refractivity contribution in [2.75, 3.05) is 13.7 Å². The standard InChI is InChI=1S/C10H12BrClN2O2/c1-16-10(15)8(11)5-14-4-7-2-3-13-6-9(7)12/h2-3,6,8,14H,4-5H2,1H3. The van der Waals surface area contributed by atoms with E-state index in [1.165, 1.54) is 7.11 Å². The number of halogens is 2. The molecule has 0 aliphatic heterocycles. The molecule has 0 fully saturated rings. The van der Waals surface area contributed by atoms with E-state index in [1.54, 1.807) is 12.4 Å². The Morgan fingerprint density at radius 3 is 3.12 bits per heavy atom. The smallest absolute Gasteiger partial charge is 0.320 e. The summed E-state index contributed by atoms with van der Waals surface area (Å²) in [5, 5.41) is 3.71. The van der Waals surface area contributed by atoms with E-state index < -0.39 is 0 Å². The van der Waals surface area contributed by atoms with Crippen molar-refractivity contribution in [3.05, 3.63) is 29.0 Å². The Kier molecular flexibility index (Phi) is 5.73. The molecule has 0 radical (unpaired) electrons. The normalized spacial score (nSPS) is 12.2. The van der Waals surface area contributed by atoms with Crippen LogP contribution in [0.1, 0.15) is 5.56 Å². The summed E-state index contributed by atoms with van der Waals surface area (Å²) >= 11 is 9.14. The number of methoxy groups -OCH3 is 1. The number of pyridine rings is 1. The molecule has 0 aliphatic rings. The van der Waals surface area contributed by atoms with Crippen molar-refractivity contribution in [1.82, 2.24) is 10.3 Å². The molecule has 1 atom stereocenters. The molecule has 1 unspecified atom stereocenters. The molecule has 0 saturated carbocycles. The van der Waals surface area contributed by atoms with Crippen LogP contribution in [0.2, 0.25) is 5.02 Å². The highest BCUT2D eigenvalue weighted by molar-refractivity contribution is 9.10. The van der Waals surface area contributed by atoms with Crippen molar-refractivity contribution in [3.63, 3.8) is 0 Å². The van der Waals surface area contributed by atoms with Gasteiger partial charge in [0, 0.05) is 25.5 Å². The highest BCUT2D eigenvalue weighted by atomic mass is 79.9. The van der Waals surface area contributed by atoms with E-state index >= 15 is 0 Å². The molecule has 0 saturated heterocycles. The number of esters is 1. The van der Waals surface area contributed by atoms with E-state index in [1.807, 2.05) is 6.07 Å². The van der Waals surface area contributed by atoms with Crippen molar-refractivity contribution < 1.29 is 9.53 Å². The number of aromatic nitrogens is 1. The van der Waals surface area contributed by atoms with Gasteiger partial charge < -0.3 is 10.1 Å². The first-order valence-electron chi connectivity index (χ1n) is 4.66. The first kappa shape index (κ1) is 13.4. The maximum Gasteiger partial charge on any atom is 0.320 e. The summed E-state index contributed by atoms with van der Waals surface area (Å²) in [7, 11) is 1.36. The van der Waals surface area contributed by atoms with Crippen LogP contribution >= 0.6 is 27.5 Å². The number of carbonyl (C=O) groups is 1. The van der Waals surface area contributed by atoms with Crippen LogP contribution < -0.4 is 5.32 Å². The highest BCUT2D eigenvalue weighted by Gasteiger charge is 2.14. The summed E-state index contributed by atoms with van der Waals surface area (Å²) in [6, 6.07) is 1.83. The zero-order chi connectivity index (χ0) is 12.0. The van der Waals surface area contributed by atoms with Gasteiger partial charge in [-0.05, 0) is 11.6 Å². The molecule has 88 valence electrons. The second-order valence-electron chi connectivity index (χ2n) is 3.09. The van der Waals surface area contributed by atoms with E-state index in [4.69, 9.17) is 11.6 Å². The van der Waals surface area contributed by atoms with Crippen molar-refractivity contribution in [1.29, 1.82) is 0 Å². The zero-order valence-corrected chi connectivity index (χ0v) is 11.1. The third-order valence-electron chi connectivity index (χ3n) is 1.95. The van der Waals surface area contributed by atoms with Crippen molar-refractivity contribution in [2.24, 2.45) is 0 Å². The van der Waals surface area contributed by atoms with Crippen LogP contribution in [0.3, 0.4) is 0 Å². The molecule has 1 aromatic heterocycles. The molecular weight excluding hydrogens is 295 g/mol. The third-order valence-corrected chi connectivity index (χ3v) is 2.99. The number of nitrogens with one attached hydrogen (secondary N) is 1. The van der Waals surface area contributed by atoms with Gasteiger partial charge in [0.05, 0.1) is 12.1 Å². The lowest BCUT2D eigenvalue weighted by atomic mass is 10.2. The molecule has 1 heterocycles. The van der Waals surface area contributed by atoms with Crippen LogP contribution in [0.25, 0.3) is 0 Å². The summed E-state index contributed by atoms with van der Waals surface area (Å²) in [6.45, 7) is 1.06. The molecule has 1 aromatic rings. The van der Waals surface area contributed by atoms with Crippen LogP contribution in [0.5, 0.6) is 0 Å². The molecule has 16 heavy (non-hydrogen) atoms. The van der Waals surface area contributed by atoms with Crippen LogP contribution in [0, 0.1) is 0 Å². The fourth-order valence-corrected chi connectivity index (χ4v) is 1.69. The van der Waals surface area contributed by atoms with Crippen molar-refractivity contribution >= 4 is 33.5 Å². The van der Waals surface area contributed by atoms with Gasteiger partial charge in [-0.3, -0.25) is 9.78 Å². The predicted molar refractivity (Wildman–Crippen MR) is 65.7 cm³/mol. The van der Waals surface area contributed by atoms with E-state index in [0.29, 0.717) is 18.1 Å². The van der Waals surface area contributed by atoms with Crippen molar-refractivity contribution in [2.45, 2.75) is 11.4 Å². The van der Waals surface area contributed by atoms with E-state index in [0.717, 1.165) is 5.56 Å². The van der Waals surface area contributed by atoms with E-state index in [2.05, 4.69) is 31.0 Å². The number of hydrogen-bond acceptors (Lipinski definition) is 4. The lowest BCUT2D eigenvalue weighted by Gasteiger charge is -2.09. The summed E-state index contributed by atoms with van der Waals surface area (Å²) in [4.78, 5) is 14.6. The van der Waals surface area contributed by atoms with Gasteiger partial charge in [0.2, 0.25) is 0 Å². The van der Waals surface area contributed by atoms with Gasteiger partial charge in [0.15, 0.2) is 0 Å². The Hall–Kier alpha value is -0.650. The predicted octanol–water partition coefficient (Wildman–Crippen LogP) is 1.76. The molecule has 0 aliphatic carbocycles. The summed E-state index contributed by atoms with van der Waals surface area (Å²) in [5.74, 6) is -0.298. The monoisotopic (exact) mass is 306 g/mol. The van der Waals surface area contributed by atoms with Gasteiger partial charge in [0.1, 0.15) is 4.83 Å². The van der Waals surface area contributed by atoms with E-state index in [-0.39, 0.29) is 10.8 Å². The Morgan fingerprint density at radius 1 is 1.75 bits per heavy atom. The van der Waals surface area contributed by atoms with Crippen LogP contribution in [0.4, 0.5) is 0 Å². The second-order valence-corrected chi connectivity index (χ2v) is 4.60. The Labute approximate surface area is 107 Å². The number of rotatable bonds is 5. The van der Waals surface area contributed by atoms with Crippen molar-refractivity contribution in [3.8, 4) is 0 Å². The summed E-state index contributed by atoms with van der Waals surface area (Å²) < 4.78 is 4.58. The minimum absolute atomic E-state index is 0.298. The molecule has 1 rings (SSSR count). The summed E-state index contributed by atoms with van der Waals surface area (Å²) in [6.07, 6.45) is 3.26. The first-order valence-corrected chi connectivity index (χ1v) is 5.95. The Balaban J connectivity index is 2.36.